The third-order valence-corrected chi connectivity index (χ3v) is 5.89. The van der Waals surface area contributed by atoms with Crippen molar-refractivity contribution in [2.45, 2.75) is 31.5 Å². The van der Waals surface area contributed by atoms with Gasteiger partial charge in [0.05, 0.1) is 24.2 Å². The summed E-state index contributed by atoms with van der Waals surface area (Å²) in [5.74, 6) is -0.942. The maximum atomic E-state index is 12.3. The zero-order valence-corrected chi connectivity index (χ0v) is 18.3. The molecule has 2 rings (SSSR count). The number of amides is 2. The number of hydrogen-bond donors (Lipinski definition) is 2. The second-order valence-corrected chi connectivity index (χ2v) is 9.26. The first-order valence-electron chi connectivity index (χ1n) is 9.41. The Bertz CT molecular complexity index is 1000. The van der Waals surface area contributed by atoms with Gasteiger partial charge >= 0.3 is 0 Å². The first kappa shape index (κ1) is 23.5. The molecule has 0 aliphatic rings. The Morgan fingerprint density at radius 2 is 1.77 bits per heavy atom. The monoisotopic (exact) mass is 433 g/mol. The van der Waals surface area contributed by atoms with Gasteiger partial charge in [0.1, 0.15) is 0 Å². The van der Waals surface area contributed by atoms with Gasteiger partial charge in [0.15, 0.2) is 0 Å². The van der Waals surface area contributed by atoms with Crippen molar-refractivity contribution in [2.75, 3.05) is 26.0 Å². The molecule has 162 valence electrons. The zero-order chi connectivity index (χ0) is 22.3. The van der Waals surface area contributed by atoms with Crippen LogP contribution in [0.2, 0.25) is 0 Å². The summed E-state index contributed by atoms with van der Waals surface area (Å²) in [7, 11) is -0.829. The van der Waals surface area contributed by atoms with Gasteiger partial charge in [-0.15, -0.1) is 0 Å². The van der Waals surface area contributed by atoms with Crippen LogP contribution in [0.1, 0.15) is 29.8 Å². The van der Waals surface area contributed by atoms with E-state index in [1.54, 1.807) is 12.1 Å². The van der Waals surface area contributed by atoms with Crippen molar-refractivity contribution in [3.8, 4) is 0 Å². The molecule has 2 amide bonds. The number of ether oxygens (including phenoxy) is 1. The van der Waals surface area contributed by atoms with Crippen molar-refractivity contribution in [1.82, 2.24) is 9.62 Å². The van der Waals surface area contributed by atoms with Crippen LogP contribution in [0.25, 0.3) is 0 Å². The third kappa shape index (κ3) is 6.65. The number of carbonyl (C=O) groups excluding carboxylic acids is 2. The van der Waals surface area contributed by atoms with Crippen LogP contribution in [0.15, 0.2) is 53.4 Å². The van der Waals surface area contributed by atoms with Crippen molar-refractivity contribution in [3.63, 3.8) is 0 Å². The molecule has 0 aromatic heterocycles. The fourth-order valence-corrected chi connectivity index (χ4v) is 3.43. The molecular formula is C21H27N3O5S. The Morgan fingerprint density at radius 3 is 2.43 bits per heavy atom. The molecule has 0 atom stereocenters. The maximum absolute atomic E-state index is 12.3. The number of hydrogen-bond acceptors (Lipinski definition) is 5. The smallest absolute Gasteiger partial charge is 0.251 e. The van der Waals surface area contributed by atoms with Crippen LogP contribution in [0, 0.1) is 0 Å². The molecule has 0 radical (unpaired) electrons. The van der Waals surface area contributed by atoms with Crippen LogP contribution in [-0.2, 0) is 26.2 Å². The average molecular weight is 434 g/mol. The first-order chi connectivity index (χ1) is 14.1. The molecule has 30 heavy (non-hydrogen) atoms. The number of sulfonamides is 1. The van der Waals surface area contributed by atoms with Crippen LogP contribution in [0.4, 0.5) is 5.69 Å². The minimum absolute atomic E-state index is 0.00466. The van der Waals surface area contributed by atoms with E-state index in [4.69, 9.17) is 4.74 Å². The molecule has 0 unspecified atom stereocenters. The van der Waals surface area contributed by atoms with E-state index in [-0.39, 0.29) is 23.1 Å². The Labute approximate surface area is 177 Å². The number of rotatable bonds is 9. The molecule has 0 spiro atoms. The van der Waals surface area contributed by atoms with Crippen molar-refractivity contribution in [1.29, 1.82) is 0 Å². The summed E-state index contributed by atoms with van der Waals surface area (Å²) in [6.45, 7) is 4.07. The molecular weight excluding hydrogens is 406 g/mol. The minimum Gasteiger partial charge on any atom is -0.374 e. The Morgan fingerprint density at radius 1 is 1.07 bits per heavy atom. The molecule has 0 saturated carbocycles. The maximum Gasteiger partial charge on any atom is 0.251 e. The van der Waals surface area contributed by atoms with Crippen molar-refractivity contribution >= 4 is 27.5 Å². The van der Waals surface area contributed by atoms with Gasteiger partial charge in [-0.05, 0) is 49.7 Å². The Balaban J connectivity index is 1.95. The van der Waals surface area contributed by atoms with Gasteiger partial charge in [-0.1, -0.05) is 18.2 Å². The fourth-order valence-electron chi connectivity index (χ4n) is 2.48. The van der Waals surface area contributed by atoms with Crippen LogP contribution < -0.4 is 10.6 Å². The van der Waals surface area contributed by atoms with E-state index in [2.05, 4.69) is 10.6 Å². The van der Waals surface area contributed by atoms with Gasteiger partial charge in [-0.3, -0.25) is 9.59 Å². The van der Waals surface area contributed by atoms with E-state index < -0.39 is 21.8 Å². The number of nitrogens with one attached hydrogen (secondary N) is 2. The highest BCUT2D eigenvalue weighted by Gasteiger charge is 2.19. The standard InChI is InChI=1S/C21H27N3O5S/c1-15(2)29-14-16-7-5-9-18(11-16)23-20(25)13-22-21(26)17-8-6-10-19(12-17)30(27,28)24(3)4/h5-12,15H,13-14H2,1-4H3,(H,22,26)(H,23,25). The largest absolute Gasteiger partial charge is 0.374 e. The number of anilines is 1. The lowest BCUT2D eigenvalue weighted by molar-refractivity contribution is -0.115. The number of carbonyl (C=O) groups is 2. The summed E-state index contributed by atoms with van der Waals surface area (Å²) in [6, 6.07) is 12.9. The SMILES string of the molecule is CC(C)OCc1cccc(NC(=O)CNC(=O)c2cccc(S(=O)(=O)N(C)C)c2)c1. The molecule has 0 bridgehead atoms. The molecule has 9 heteroatoms. The van der Waals surface area contributed by atoms with E-state index in [9.17, 15) is 18.0 Å². The zero-order valence-electron chi connectivity index (χ0n) is 17.5. The predicted molar refractivity (Wildman–Crippen MR) is 115 cm³/mol. The molecule has 8 nitrogen and oxygen atoms in total. The Kier molecular flexibility index (Phi) is 8.10. The van der Waals surface area contributed by atoms with E-state index in [0.29, 0.717) is 12.3 Å². The molecule has 2 aromatic rings. The summed E-state index contributed by atoms with van der Waals surface area (Å²) >= 11 is 0. The number of benzene rings is 2. The summed E-state index contributed by atoms with van der Waals surface area (Å²) in [6.07, 6.45) is 0.102. The van der Waals surface area contributed by atoms with Crippen LogP contribution in [0.3, 0.4) is 0 Å². The van der Waals surface area contributed by atoms with Gasteiger partial charge in [-0.2, -0.15) is 0 Å². The summed E-state index contributed by atoms with van der Waals surface area (Å²) in [5.41, 5.74) is 1.67. The van der Waals surface area contributed by atoms with E-state index in [0.717, 1.165) is 9.87 Å². The quantitative estimate of drug-likeness (QED) is 0.631. The highest BCUT2D eigenvalue weighted by molar-refractivity contribution is 7.89. The van der Waals surface area contributed by atoms with Crippen molar-refractivity contribution in [2.24, 2.45) is 0 Å². The molecule has 0 fully saturated rings. The average Bonchev–Trinajstić information content (AvgIpc) is 2.70. The van der Waals surface area contributed by atoms with E-state index in [1.807, 2.05) is 26.0 Å². The second kappa shape index (κ2) is 10.3. The molecule has 2 N–H and O–H groups in total. The molecule has 0 aliphatic carbocycles. The molecule has 0 heterocycles. The highest BCUT2D eigenvalue weighted by Crippen LogP contribution is 2.15. The van der Waals surface area contributed by atoms with Gasteiger partial charge in [0.2, 0.25) is 15.9 Å². The van der Waals surface area contributed by atoms with Crippen LogP contribution in [0.5, 0.6) is 0 Å². The summed E-state index contributed by atoms with van der Waals surface area (Å²) in [5, 5.41) is 5.21. The lowest BCUT2D eigenvalue weighted by Gasteiger charge is -2.12. The summed E-state index contributed by atoms with van der Waals surface area (Å²) in [4.78, 5) is 24.5. The van der Waals surface area contributed by atoms with Gasteiger partial charge < -0.3 is 15.4 Å². The van der Waals surface area contributed by atoms with Gasteiger partial charge in [0, 0.05) is 25.3 Å². The topological polar surface area (TPSA) is 105 Å². The molecule has 0 saturated heterocycles. The van der Waals surface area contributed by atoms with E-state index >= 15 is 0 Å². The Hall–Kier alpha value is -2.75. The fraction of sp³-hybridized carbons (Fsp3) is 0.333. The van der Waals surface area contributed by atoms with Gasteiger partial charge in [0.25, 0.3) is 5.91 Å². The van der Waals surface area contributed by atoms with Crippen molar-refractivity contribution in [3.05, 3.63) is 59.7 Å². The lowest BCUT2D eigenvalue weighted by atomic mass is 10.2. The summed E-state index contributed by atoms with van der Waals surface area (Å²) < 4.78 is 31.0. The first-order valence-corrected chi connectivity index (χ1v) is 10.8. The predicted octanol–water partition coefficient (Wildman–Crippen LogP) is 2.23. The van der Waals surface area contributed by atoms with Crippen LogP contribution in [-0.4, -0.2) is 51.3 Å². The highest BCUT2D eigenvalue weighted by atomic mass is 32.2. The lowest BCUT2D eigenvalue weighted by Crippen LogP contribution is -2.33. The second-order valence-electron chi connectivity index (χ2n) is 7.11. The number of nitrogens with zero attached hydrogens (tertiary/aromatic N) is 1. The molecule has 2 aromatic carbocycles. The van der Waals surface area contributed by atoms with Crippen LogP contribution >= 0.6 is 0 Å². The van der Waals surface area contributed by atoms with Crippen molar-refractivity contribution < 1.29 is 22.7 Å². The van der Waals surface area contributed by atoms with Gasteiger partial charge in [-0.25, -0.2) is 12.7 Å². The third-order valence-electron chi connectivity index (χ3n) is 4.08. The minimum atomic E-state index is -3.66. The molecule has 0 aliphatic heterocycles. The normalized spacial score (nSPS) is 11.5. The van der Waals surface area contributed by atoms with E-state index in [1.165, 1.54) is 38.4 Å².